The second-order valence-corrected chi connectivity index (χ2v) is 9.87. The fourth-order valence-corrected chi connectivity index (χ4v) is 5.25. The van der Waals surface area contributed by atoms with Crippen molar-refractivity contribution in [2.75, 3.05) is 46.2 Å². The lowest BCUT2D eigenvalue weighted by atomic mass is 9.93. The van der Waals surface area contributed by atoms with Gasteiger partial charge in [0.15, 0.2) is 0 Å². The van der Waals surface area contributed by atoms with Crippen molar-refractivity contribution in [2.45, 2.75) is 81.9 Å². The van der Waals surface area contributed by atoms with E-state index in [1.54, 1.807) is 0 Å². The fourth-order valence-electron chi connectivity index (χ4n) is 5.25. The summed E-state index contributed by atoms with van der Waals surface area (Å²) in [5, 5.41) is 0. The predicted octanol–water partition coefficient (Wildman–Crippen LogP) is 2.47. The van der Waals surface area contributed by atoms with Crippen LogP contribution >= 0.6 is 0 Å². The molecule has 0 saturated carbocycles. The smallest absolute Gasteiger partial charge is 0.262 e. The van der Waals surface area contributed by atoms with Gasteiger partial charge >= 0.3 is 0 Å². The van der Waals surface area contributed by atoms with Crippen LogP contribution in [0.5, 0.6) is 0 Å². The topological polar surface area (TPSA) is 43.4 Å². The SMILES string of the molecule is CC(C)OCC12COCN1C(C(C)(C)OCC13CCCN1CC(F)(F)C3)OC2. The third kappa shape index (κ3) is 3.61. The van der Waals surface area contributed by atoms with E-state index in [1.165, 1.54) is 0 Å². The van der Waals surface area contributed by atoms with Crippen LogP contribution in [0.2, 0.25) is 0 Å². The van der Waals surface area contributed by atoms with Crippen LogP contribution in [-0.2, 0) is 18.9 Å². The standard InChI is InChI=1S/C20H34F2N2O4/c1-15(2)26-11-19-10-25-14-24(19)16(27-12-19)17(3,4)28-13-18-6-5-7-23(18)9-20(21,22)8-18/h15-16H,5-14H2,1-4H3. The maximum absolute atomic E-state index is 14.0. The normalized spacial score (nSPS) is 38.5. The van der Waals surface area contributed by atoms with Gasteiger partial charge in [-0.2, -0.15) is 0 Å². The first kappa shape index (κ1) is 20.9. The molecule has 8 heteroatoms. The lowest BCUT2D eigenvalue weighted by molar-refractivity contribution is -0.172. The van der Waals surface area contributed by atoms with E-state index >= 15 is 0 Å². The molecular weight excluding hydrogens is 370 g/mol. The van der Waals surface area contributed by atoms with E-state index in [2.05, 4.69) is 4.90 Å². The van der Waals surface area contributed by atoms with E-state index in [1.807, 2.05) is 32.6 Å². The van der Waals surface area contributed by atoms with Crippen molar-refractivity contribution in [2.24, 2.45) is 0 Å². The minimum atomic E-state index is -2.62. The Labute approximate surface area is 166 Å². The van der Waals surface area contributed by atoms with Gasteiger partial charge in [-0.05, 0) is 47.1 Å². The summed E-state index contributed by atoms with van der Waals surface area (Å²) in [6, 6.07) is 0. The molecule has 6 nitrogen and oxygen atoms in total. The largest absolute Gasteiger partial charge is 0.377 e. The summed E-state index contributed by atoms with van der Waals surface area (Å²) in [4.78, 5) is 4.11. The van der Waals surface area contributed by atoms with Crippen molar-refractivity contribution in [3.8, 4) is 0 Å². The molecule has 3 atom stereocenters. The van der Waals surface area contributed by atoms with Crippen molar-refractivity contribution >= 4 is 0 Å². The molecule has 0 aromatic rings. The van der Waals surface area contributed by atoms with Gasteiger partial charge in [0.1, 0.15) is 18.6 Å². The molecule has 4 heterocycles. The summed E-state index contributed by atoms with van der Waals surface area (Å²) in [6.45, 7) is 11.0. The minimum absolute atomic E-state index is 0.111. The van der Waals surface area contributed by atoms with E-state index in [0.29, 0.717) is 33.2 Å². The highest BCUT2D eigenvalue weighted by Gasteiger charge is 2.59. The van der Waals surface area contributed by atoms with Gasteiger partial charge in [0, 0.05) is 6.42 Å². The molecule has 0 amide bonds. The number of ether oxygens (including phenoxy) is 4. The number of rotatable bonds is 7. The molecule has 0 aliphatic carbocycles. The summed E-state index contributed by atoms with van der Waals surface area (Å²) in [7, 11) is 0. The van der Waals surface area contributed by atoms with Crippen molar-refractivity contribution in [3.05, 3.63) is 0 Å². The second kappa shape index (κ2) is 7.10. The zero-order chi connectivity index (χ0) is 20.2. The van der Waals surface area contributed by atoms with Gasteiger partial charge in [0.25, 0.3) is 5.92 Å². The Morgan fingerprint density at radius 3 is 2.71 bits per heavy atom. The Hall–Kier alpha value is -0.380. The van der Waals surface area contributed by atoms with Gasteiger partial charge in [-0.3, -0.25) is 4.90 Å². The molecule has 4 fully saturated rings. The molecule has 0 N–H and O–H groups in total. The summed E-state index contributed by atoms with van der Waals surface area (Å²) >= 11 is 0. The first-order chi connectivity index (χ1) is 13.1. The van der Waals surface area contributed by atoms with Gasteiger partial charge in [0.2, 0.25) is 0 Å². The molecular formula is C20H34F2N2O4. The number of fused-ring (bicyclic) bond motifs is 2. The van der Waals surface area contributed by atoms with Crippen LogP contribution in [0.1, 0.15) is 47.0 Å². The quantitative estimate of drug-likeness (QED) is 0.650. The van der Waals surface area contributed by atoms with E-state index in [-0.39, 0.29) is 30.8 Å². The lowest BCUT2D eigenvalue weighted by Gasteiger charge is -2.41. The lowest BCUT2D eigenvalue weighted by Crippen LogP contribution is -2.56. The van der Waals surface area contributed by atoms with Crippen molar-refractivity contribution < 1.29 is 27.7 Å². The van der Waals surface area contributed by atoms with Gasteiger partial charge < -0.3 is 18.9 Å². The summed E-state index contributed by atoms with van der Waals surface area (Å²) < 4.78 is 52.2. The van der Waals surface area contributed by atoms with Crippen LogP contribution in [0, 0.1) is 0 Å². The van der Waals surface area contributed by atoms with E-state index in [4.69, 9.17) is 18.9 Å². The first-order valence-electron chi connectivity index (χ1n) is 10.4. The predicted molar refractivity (Wildman–Crippen MR) is 99.4 cm³/mol. The number of nitrogens with zero attached hydrogens (tertiary/aromatic N) is 2. The van der Waals surface area contributed by atoms with Crippen LogP contribution in [0.15, 0.2) is 0 Å². The molecule has 3 unspecified atom stereocenters. The highest BCUT2D eigenvalue weighted by Crippen LogP contribution is 2.47. The van der Waals surface area contributed by atoms with Gasteiger partial charge in [0.05, 0.1) is 50.2 Å². The molecule has 0 aromatic carbocycles. The Kier molecular flexibility index (Phi) is 5.29. The Balaban J connectivity index is 1.43. The summed E-state index contributed by atoms with van der Waals surface area (Å²) in [5.74, 6) is -2.62. The first-order valence-corrected chi connectivity index (χ1v) is 10.4. The maximum Gasteiger partial charge on any atom is 0.262 e. The molecule has 0 aromatic heterocycles. The monoisotopic (exact) mass is 404 g/mol. The third-order valence-electron chi connectivity index (χ3n) is 6.75. The third-order valence-corrected chi connectivity index (χ3v) is 6.75. The van der Waals surface area contributed by atoms with Gasteiger partial charge in [-0.15, -0.1) is 0 Å². The van der Waals surface area contributed by atoms with Crippen LogP contribution in [-0.4, -0.2) is 91.0 Å². The highest BCUT2D eigenvalue weighted by molar-refractivity contribution is 5.08. The Bertz CT molecular complexity index is 591. The Morgan fingerprint density at radius 2 is 1.96 bits per heavy atom. The van der Waals surface area contributed by atoms with Crippen LogP contribution < -0.4 is 0 Å². The maximum atomic E-state index is 14.0. The molecule has 162 valence electrons. The number of hydrogen-bond acceptors (Lipinski definition) is 6. The average Bonchev–Trinajstić information content (AvgIpc) is 3.28. The van der Waals surface area contributed by atoms with E-state index in [0.717, 1.165) is 19.4 Å². The Morgan fingerprint density at radius 1 is 1.18 bits per heavy atom. The molecule has 0 spiro atoms. The molecule has 4 aliphatic rings. The average molecular weight is 404 g/mol. The second-order valence-electron chi connectivity index (χ2n) is 9.87. The molecule has 28 heavy (non-hydrogen) atoms. The summed E-state index contributed by atoms with van der Waals surface area (Å²) in [6.07, 6.45) is 1.45. The minimum Gasteiger partial charge on any atom is -0.377 e. The molecule has 4 aliphatic heterocycles. The van der Waals surface area contributed by atoms with E-state index < -0.39 is 17.1 Å². The zero-order valence-electron chi connectivity index (χ0n) is 17.5. The molecule has 0 bridgehead atoms. The van der Waals surface area contributed by atoms with Crippen LogP contribution in [0.25, 0.3) is 0 Å². The zero-order valence-corrected chi connectivity index (χ0v) is 17.5. The van der Waals surface area contributed by atoms with Crippen molar-refractivity contribution in [1.82, 2.24) is 9.80 Å². The molecule has 0 radical (unpaired) electrons. The summed E-state index contributed by atoms with van der Waals surface area (Å²) in [5.41, 5.74) is -1.49. The van der Waals surface area contributed by atoms with Gasteiger partial charge in [-0.25, -0.2) is 13.7 Å². The number of alkyl halides is 2. The number of halogens is 2. The molecule has 4 saturated heterocycles. The van der Waals surface area contributed by atoms with E-state index in [9.17, 15) is 8.78 Å². The molecule has 4 rings (SSSR count). The van der Waals surface area contributed by atoms with Crippen LogP contribution in [0.3, 0.4) is 0 Å². The van der Waals surface area contributed by atoms with Crippen molar-refractivity contribution in [1.29, 1.82) is 0 Å². The highest BCUT2D eigenvalue weighted by atomic mass is 19.3. The fraction of sp³-hybridized carbons (Fsp3) is 1.00. The van der Waals surface area contributed by atoms with Gasteiger partial charge in [-0.1, -0.05) is 0 Å². The van der Waals surface area contributed by atoms with Crippen molar-refractivity contribution in [3.63, 3.8) is 0 Å². The number of hydrogen-bond donors (Lipinski definition) is 0. The van der Waals surface area contributed by atoms with Crippen LogP contribution in [0.4, 0.5) is 8.78 Å².